The molecule has 0 N–H and O–H groups in total. The van der Waals surface area contributed by atoms with Crippen LogP contribution in [0.3, 0.4) is 0 Å². The molecule has 0 unspecified atom stereocenters. The van der Waals surface area contributed by atoms with Crippen molar-refractivity contribution in [2.75, 3.05) is 23.9 Å². The summed E-state index contributed by atoms with van der Waals surface area (Å²) >= 11 is 0. The van der Waals surface area contributed by atoms with Crippen molar-refractivity contribution in [3.63, 3.8) is 0 Å². The second-order valence-electron chi connectivity index (χ2n) is 5.11. The SMILES string of the molecule is CN1/C(=C2/Oc3cc(OF)ccc3N2C)Oc2ccccc21. The zero-order chi connectivity index (χ0) is 15.3. The minimum atomic E-state index is 0.0994. The lowest BCUT2D eigenvalue weighted by atomic mass is 10.3. The number of benzene rings is 2. The van der Waals surface area contributed by atoms with E-state index in [1.165, 1.54) is 6.07 Å². The summed E-state index contributed by atoms with van der Waals surface area (Å²) in [5.74, 6) is 2.52. The molecule has 0 aromatic heterocycles. The first-order valence-electron chi connectivity index (χ1n) is 6.78. The third-order valence-corrected chi connectivity index (χ3v) is 3.81. The number of halogens is 1. The van der Waals surface area contributed by atoms with E-state index in [-0.39, 0.29) is 5.75 Å². The highest BCUT2D eigenvalue weighted by atomic mass is 19.3. The Morgan fingerprint density at radius 2 is 1.50 bits per heavy atom. The van der Waals surface area contributed by atoms with Gasteiger partial charge in [0.25, 0.3) is 11.8 Å². The number of fused-ring (bicyclic) bond motifs is 2. The second kappa shape index (κ2) is 4.56. The Labute approximate surface area is 126 Å². The molecule has 2 heterocycles. The van der Waals surface area contributed by atoms with Gasteiger partial charge in [0.1, 0.15) is 0 Å². The number of hydrogen-bond donors (Lipinski definition) is 0. The van der Waals surface area contributed by atoms with E-state index in [4.69, 9.17) is 9.47 Å². The van der Waals surface area contributed by atoms with Crippen LogP contribution in [0.5, 0.6) is 17.2 Å². The molecule has 6 heteroatoms. The van der Waals surface area contributed by atoms with Crippen LogP contribution in [0, 0.1) is 0 Å². The summed E-state index contributed by atoms with van der Waals surface area (Å²) in [5.41, 5.74) is 1.78. The lowest BCUT2D eigenvalue weighted by Gasteiger charge is -2.17. The number of hydrogen-bond acceptors (Lipinski definition) is 5. The average Bonchev–Trinajstić information content (AvgIpc) is 3.05. The van der Waals surface area contributed by atoms with Crippen molar-refractivity contribution in [3.05, 3.63) is 54.2 Å². The predicted molar refractivity (Wildman–Crippen MR) is 79.7 cm³/mol. The van der Waals surface area contributed by atoms with Gasteiger partial charge in [-0.2, -0.15) is 0 Å². The lowest BCUT2D eigenvalue weighted by molar-refractivity contribution is -0.00634. The molecule has 2 aliphatic rings. The van der Waals surface area contributed by atoms with E-state index in [0.29, 0.717) is 17.5 Å². The average molecular weight is 300 g/mol. The molecular weight excluding hydrogens is 287 g/mol. The maximum atomic E-state index is 12.3. The van der Waals surface area contributed by atoms with Gasteiger partial charge in [-0.05, 0) is 24.3 Å². The van der Waals surface area contributed by atoms with Crippen molar-refractivity contribution in [2.24, 2.45) is 0 Å². The van der Waals surface area contributed by atoms with Gasteiger partial charge in [-0.25, -0.2) is 0 Å². The quantitative estimate of drug-likeness (QED) is 0.806. The number of ether oxygens (including phenoxy) is 2. The van der Waals surface area contributed by atoms with Crippen LogP contribution in [0.4, 0.5) is 15.9 Å². The van der Waals surface area contributed by atoms with Crippen LogP contribution in [0.1, 0.15) is 0 Å². The van der Waals surface area contributed by atoms with E-state index in [1.807, 2.05) is 48.2 Å². The van der Waals surface area contributed by atoms with Gasteiger partial charge >= 0.3 is 0 Å². The first-order chi connectivity index (χ1) is 10.7. The van der Waals surface area contributed by atoms with Crippen molar-refractivity contribution in [3.8, 4) is 17.2 Å². The van der Waals surface area contributed by atoms with Crippen molar-refractivity contribution in [2.45, 2.75) is 0 Å². The van der Waals surface area contributed by atoms with Gasteiger partial charge in [-0.15, -0.1) is 0 Å². The molecule has 0 radical (unpaired) electrons. The molecule has 0 fully saturated rings. The van der Waals surface area contributed by atoms with Crippen LogP contribution in [0.2, 0.25) is 0 Å². The number of nitrogens with zero attached hydrogens (tertiary/aromatic N) is 2. The standard InChI is InChI=1S/C16H13FN2O3/c1-18-11-5-3-4-6-13(11)20-15(18)16-19(2)12-8-7-10(22-17)9-14(12)21-16/h3-9H,1-2H3/b16-15-. The summed E-state index contributed by atoms with van der Waals surface area (Å²) in [5, 5.41) is 0. The van der Waals surface area contributed by atoms with Crippen LogP contribution in [-0.4, -0.2) is 14.1 Å². The smallest absolute Gasteiger partial charge is 0.262 e. The number of para-hydroxylation sites is 2. The second-order valence-corrected chi connectivity index (χ2v) is 5.11. The topological polar surface area (TPSA) is 34.2 Å². The molecule has 2 aromatic carbocycles. The molecule has 5 nitrogen and oxygen atoms in total. The number of rotatable bonds is 1. The molecular formula is C16H13FN2O3. The van der Waals surface area contributed by atoms with Crippen molar-refractivity contribution in [1.29, 1.82) is 0 Å². The minimum Gasteiger partial charge on any atom is -0.434 e. The van der Waals surface area contributed by atoms with E-state index in [0.717, 1.165) is 17.1 Å². The molecule has 0 atom stereocenters. The van der Waals surface area contributed by atoms with Gasteiger partial charge in [0.15, 0.2) is 17.2 Å². The first kappa shape index (κ1) is 12.8. The molecule has 0 spiro atoms. The largest absolute Gasteiger partial charge is 0.434 e. The van der Waals surface area contributed by atoms with Gasteiger partial charge in [0, 0.05) is 24.7 Å². The zero-order valence-corrected chi connectivity index (χ0v) is 12.0. The molecule has 2 aliphatic heterocycles. The summed E-state index contributed by atoms with van der Waals surface area (Å²) in [6, 6.07) is 12.5. The van der Waals surface area contributed by atoms with Crippen LogP contribution in [0.15, 0.2) is 54.2 Å². The fourth-order valence-electron chi connectivity index (χ4n) is 2.66. The summed E-state index contributed by atoms with van der Waals surface area (Å²) in [4.78, 5) is 7.52. The van der Waals surface area contributed by atoms with Crippen molar-refractivity contribution in [1.82, 2.24) is 0 Å². The normalized spacial score (nSPS) is 18.7. The predicted octanol–water partition coefficient (Wildman–Crippen LogP) is 3.43. The Kier molecular flexibility index (Phi) is 2.66. The van der Waals surface area contributed by atoms with Gasteiger partial charge in [0.2, 0.25) is 0 Å². The van der Waals surface area contributed by atoms with Crippen LogP contribution < -0.4 is 24.2 Å². The monoisotopic (exact) mass is 300 g/mol. The van der Waals surface area contributed by atoms with Crippen molar-refractivity contribution < 1.29 is 18.9 Å². The van der Waals surface area contributed by atoms with Gasteiger partial charge in [-0.3, -0.25) is 4.94 Å². The Bertz CT molecular complexity index is 791. The summed E-state index contributed by atoms with van der Waals surface area (Å²) in [6.45, 7) is 0. The van der Waals surface area contributed by atoms with E-state index in [9.17, 15) is 4.53 Å². The van der Waals surface area contributed by atoms with Gasteiger partial charge in [-0.1, -0.05) is 12.1 Å². The van der Waals surface area contributed by atoms with E-state index in [1.54, 1.807) is 12.1 Å². The molecule has 2 aromatic rings. The van der Waals surface area contributed by atoms with E-state index < -0.39 is 0 Å². The Hall–Kier alpha value is -2.89. The highest BCUT2D eigenvalue weighted by Crippen LogP contribution is 2.45. The molecule has 0 bridgehead atoms. The molecule has 22 heavy (non-hydrogen) atoms. The zero-order valence-electron chi connectivity index (χ0n) is 12.0. The first-order valence-corrected chi connectivity index (χ1v) is 6.78. The molecule has 0 saturated heterocycles. The Morgan fingerprint density at radius 1 is 0.864 bits per heavy atom. The maximum absolute atomic E-state index is 12.3. The molecule has 0 saturated carbocycles. The van der Waals surface area contributed by atoms with Gasteiger partial charge < -0.3 is 19.3 Å². The molecule has 0 amide bonds. The Morgan fingerprint density at radius 3 is 2.18 bits per heavy atom. The molecule has 112 valence electrons. The maximum Gasteiger partial charge on any atom is 0.262 e. The van der Waals surface area contributed by atoms with Crippen LogP contribution >= 0.6 is 0 Å². The third-order valence-electron chi connectivity index (χ3n) is 3.81. The molecule has 4 rings (SSSR count). The Balaban J connectivity index is 1.76. The van der Waals surface area contributed by atoms with E-state index in [2.05, 4.69) is 4.94 Å². The fourth-order valence-corrected chi connectivity index (χ4v) is 2.66. The lowest BCUT2D eigenvalue weighted by Crippen LogP contribution is -2.24. The van der Waals surface area contributed by atoms with Gasteiger partial charge in [0.05, 0.1) is 11.4 Å². The summed E-state index contributed by atoms with van der Waals surface area (Å²) in [6.07, 6.45) is 0. The minimum absolute atomic E-state index is 0.0994. The summed E-state index contributed by atoms with van der Waals surface area (Å²) in [7, 11) is 3.77. The van der Waals surface area contributed by atoms with Crippen LogP contribution in [-0.2, 0) is 0 Å². The summed E-state index contributed by atoms with van der Waals surface area (Å²) < 4.78 is 24.1. The van der Waals surface area contributed by atoms with Crippen molar-refractivity contribution >= 4 is 11.4 Å². The number of anilines is 2. The highest BCUT2D eigenvalue weighted by Gasteiger charge is 2.34. The van der Waals surface area contributed by atoms with Crippen LogP contribution in [0.25, 0.3) is 0 Å². The third kappa shape index (κ3) is 1.70. The molecule has 0 aliphatic carbocycles. The fraction of sp³-hybridized carbons (Fsp3) is 0.125. The highest BCUT2D eigenvalue weighted by molar-refractivity contribution is 5.71. The van der Waals surface area contributed by atoms with E-state index >= 15 is 0 Å².